The molecular weight excluding hydrogens is 276 g/mol. The summed E-state index contributed by atoms with van der Waals surface area (Å²) in [6.45, 7) is 1.95. The van der Waals surface area contributed by atoms with Crippen molar-refractivity contribution in [1.29, 1.82) is 0 Å². The number of aromatic nitrogens is 2. The molecule has 21 heavy (non-hydrogen) atoms. The number of hydrogen-bond acceptors (Lipinski definition) is 5. The van der Waals surface area contributed by atoms with Crippen molar-refractivity contribution in [3.63, 3.8) is 0 Å². The molecule has 0 saturated heterocycles. The summed E-state index contributed by atoms with van der Waals surface area (Å²) in [6, 6.07) is 5.71. The van der Waals surface area contributed by atoms with Crippen LogP contribution < -0.4 is 10.1 Å². The van der Waals surface area contributed by atoms with Gasteiger partial charge in [0.15, 0.2) is 11.6 Å². The first-order valence-corrected chi connectivity index (χ1v) is 6.23. The third kappa shape index (κ3) is 3.16. The van der Waals surface area contributed by atoms with Gasteiger partial charge in [-0.25, -0.2) is 0 Å². The quantitative estimate of drug-likeness (QED) is 0.647. The molecule has 1 amide bonds. The van der Waals surface area contributed by atoms with Crippen LogP contribution in [0.15, 0.2) is 24.3 Å². The van der Waals surface area contributed by atoms with Crippen molar-refractivity contribution in [2.75, 3.05) is 12.4 Å². The standard InChI is InChI=1S/C13H14N4O4/c1-3-9-7-12(16-15-9)14-13(18)8-4-5-11(21-2)10(6-8)17(19)20/h4-7H,3H2,1-2H3,(H2,14,15,16,18). The van der Waals surface area contributed by atoms with E-state index in [1.807, 2.05) is 6.92 Å². The van der Waals surface area contributed by atoms with E-state index >= 15 is 0 Å². The lowest BCUT2D eigenvalue weighted by atomic mass is 10.1. The molecule has 0 bridgehead atoms. The third-order valence-electron chi connectivity index (χ3n) is 2.89. The van der Waals surface area contributed by atoms with Crippen LogP contribution in [0.1, 0.15) is 23.0 Å². The molecule has 2 rings (SSSR count). The van der Waals surface area contributed by atoms with Crippen LogP contribution in [0.4, 0.5) is 11.5 Å². The van der Waals surface area contributed by atoms with Gasteiger partial charge in [-0.2, -0.15) is 5.10 Å². The molecule has 0 atom stereocenters. The number of nitrogens with zero attached hydrogens (tertiary/aromatic N) is 2. The number of amides is 1. The molecule has 0 aliphatic heterocycles. The normalized spacial score (nSPS) is 10.2. The minimum Gasteiger partial charge on any atom is -0.490 e. The molecule has 0 spiro atoms. The molecule has 0 radical (unpaired) electrons. The maximum atomic E-state index is 12.1. The second-order valence-corrected chi connectivity index (χ2v) is 4.23. The summed E-state index contributed by atoms with van der Waals surface area (Å²) in [4.78, 5) is 22.4. The van der Waals surface area contributed by atoms with E-state index in [9.17, 15) is 14.9 Å². The van der Waals surface area contributed by atoms with Gasteiger partial charge in [-0.3, -0.25) is 20.0 Å². The van der Waals surface area contributed by atoms with Crippen molar-refractivity contribution in [2.24, 2.45) is 0 Å². The molecule has 1 heterocycles. The SMILES string of the molecule is CCc1cc(NC(=O)c2ccc(OC)c([N+](=O)[O-])c2)n[nH]1. The minimum absolute atomic E-state index is 0.101. The fourth-order valence-corrected chi connectivity index (χ4v) is 1.77. The first-order chi connectivity index (χ1) is 10.0. The van der Waals surface area contributed by atoms with E-state index in [-0.39, 0.29) is 17.0 Å². The number of aromatic amines is 1. The van der Waals surface area contributed by atoms with Crippen molar-refractivity contribution in [3.8, 4) is 5.75 Å². The van der Waals surface area contributed by atoms with Crippen LogP contribution in [-0.4, -0.2) is 28.1 Å². The van der Waals surface area contributed by atoms with E-state index in [2.05, 4.69) is 15.5 Å². The molecule has 8 nitrogen and oxygen atoms in total. The fraction of sp³-hybridized carbons (Fsp3) is 0.231. The molecule has 2 aromatic rings. The number of anilines is 1. The minimum atomic E-state index is -0.598. The molecule has 0 aliphatic rings. The average molecular weight is 290 g/mol. The van der Waals surface area contributed by atoms with Gasteiger partial charge < -0.3 is 10.1 Å². The number of rotatable bonds is 5. The number of nitrogens with one attached hydrogen (secondary N) is 2. The van der Waals surface area contributed by atoms with Gasteiger partial charge in [0.05, 0.1) is 12.0 Å². The molecule has 0 fully saturated rings. The molecule has 1 aromatic heterocycles. The summed E-state index contributed by atoms with van der Waals surface area (Å²) in [7, 11) is 1.33. The van der Waals surface area contributed by atoms with Crippen LogP contribution in [0.2, 0.25) is 0 Å². The van der Waals surface area contributed by atoms with Crippen LogP contribution in [0.5, 0.6) is 5.75 Å². The second-order valence-electron chi connectivity index (χ2n) is 4.23. The molecule has 2 N–H and O–H groups in total. The summed E-state index contributed by atoms with van der Waals surface area (Å²) in [5, 5.41) is 20.2. The summed E-state index contributed by atoms with van der Waals surface area (Å²) >= 11 is 0. The molecular formula is C13H14N4O4. The number of benzene rings is 1. The van der Waals surface area contributed by atoms with Gasteiger partial charge in [0.25, 0.3) is 5.91 Å². The topological polar surface area (TPSA) is 110 Å². The van der Waals surface area contributed by atoms with Gasteiger partial charge >= 0.3 is 5.69 Å². The van der Waals surface area contributed by atoms with Crippen LogP contribution in [0, 0.1) is 10.1 Å². The van der Waals surface area contributed by atoms with Crippen LogP contribution in [0.3, 0.4) is 0 Å². The Balaban J connectivity index is 2.22. The maximum Gasteiger partial charge on any atom is 0.311 e. The summed E-state index contributed by atoms with van der Waals surface area (Å²) in [5.41, 5.74) is 0.774. The Hall–Kier alpha value is -2.90. The zero-order chi connectivity index (χ0) is 15.4. The lowest BCUT2D eigenvalue weighted by Gasteiger charge is -2.05. The van der Waals surface area contributed by atoms with Gasteiger partial charge in [0.2, 0.25) is 0 Å². The highest BCUT2D eigenvalue weighted by atomic mass is 16.6. The number of methoxy groups -OCH3 is 1. The molecule has 0 unspecified atom stereocenters. The Morgan fingerprint density at radius 2 is 2.24 bits per heavy atom. The van der Waals surface area contributed by atoms with Gasteiger partial charge in [0.1, 0.15) is 0 Å². The van der Waals surface area contributed by atoms with E-state index < -0.39 is 10.8 Å². The predicted molar refractivity (Wildman–Crippen MR) is 75.6 cm³/mol. The van der Waals surface area contributed by atoms with E-state index in [4.69, 9.17) is 4.74 Å². The Labute approximate surface area is 120 Å². The number of H-pyrrole nitrogens is 1. The maximum absolute atomic E-state index is 12.1. The first-order valence-electron chi connectivity index (χ1n) is 6.23. The molecule has 110 valence electrons. The molecule has 0 aliphatic carbocycles. The third-order valence-corrected chi connectivity index (χ3v) is 2.89. The molecule has 8 heteroatoms. The number of carbonyl (C=O) groups excluding carboxylic acids is 1. The van der Waals surface area contributed by atoms with E-state index in [0.717, 1.165) is 12.1 Å². The number of hydrogen-bond donors (Lipinski definition) is 2. The van der Waals surface area contributed by atoms with Gasteiger partial charge in [-0.1, -0.05) is 6.92 Å². The van der Waals surface area contributed by atoms with Crippen molar-refractivity contribution >= 4 is 17.4 Å². The smallest absolute Gasteiger partial charge is 0.311 e. The Morgan fingerprint density at radius 3 is 2.81 bits per heavy atom. The summed E-state index contributed by atoms with van der Waals surface area (Å²) < 4.78 is 4.89. The van der Waals surface area contributed by atoms with Crippen LogP contribution in [-0.2, 0) is 6.42 Å². The monoisotopic (exact) mass is 290 g/mol. The lowest BCUT2D eigenvalue weighted by molar-refractivity contribution is -0.385. The predicted octanol–water partition coefficient (Wildman–Crippen LogP) is 2.14. The Kier molecular flexibility index (Phi) is 4.17. The molecule has 1 aromatic carbocycles. The second kappa shape index (κ2) is 6.04. The first kappa shape index (κ1) is 14.5. The number of carbonyl (C=O) groups is 1. The highest BCUT2D eigenvalue weighted by Gasteiger charge is 2.18. The molecule has 0 saturated carbocycles. The van der Waals surface area contributed by atoms with Crippen molar-refractivity contribution in [1.82, 2.24) is 10.2 Å². The van der Waals surface area contributed by atoms with E-state index in [0.29, 0.717) is 5.82 Å². The highest BCUT2D eigenvalue weighted by Crippen LogP contribution is 2.27. The highest BCUT2D eigenvalue weighted by molar-refractivity contribution is 6.04. The lowest BCUT2D eigenvalue weighted by Crippen LogP contribution is -2.12. The number of nitro groups is 1. The summed E-state index contributed by atoms with van der Waals surface area (Å²) in [6.07, 6.45) is 0.761. The largest absolute Gasteiger partial charge is 0.490 e. The van der Waals surface area contributed by atoms with Crippen LogP contribution >= 0.6 is 0 Å². The number of ether oxygens (including phenoxy) is 1. The zero-order valence-corrected chi connectivity index (χ0v) is 11.5. The van der Waals surface area contributed by atoms with Crippen molar-refractivity contribution < 1.29 is 14.5 Å². The van der Waals surface area contributed by atoms with E-state index in [1.165, 1.54) is 25.3 Å². The van der Waals surface area contributed by atoms with Gasteiger partial charge in [-0.05, 0) is 18.6 Å². The zero-order valence-electron chi connectivity index (χ0n) is 11.5. The average Bonchev–Trinajstić information content (AvgIpc) is 2.94. The summed E-state index contributed by atoms with van der Waals surface area (Å²) in [5.74, 6) is -0.00480. The van der Waals surface area contributed by atoms with Gasteiger partial charge in [-0.15, -0.1) is 0 Å². The Bertz CT molecular complexity index is 681. The van der Waals surface area contributed by atoms with Crippen molar-refractivity contribution in [3.05, 3.63) is 45.6 Å². The van der Waals surface area contributed by atoms with E-state index in [1.54, 1.807) is 6.07 Å². The van der Waals surface area contributed by atoms with Crippen molar-refractivity contribution in [2.45, 2.75) is 13.3 Å². The fourth-order valence-electron chi connectivity index (χ4n) is 1.77. The Morgan fingerprint density at radius 1 is 1.48 bits per heavy atom. The van der Waals surface area contributed by atoms with Gasteiger partial charge in [0, 0.05) is 23.4 Å². The van der Waals surface area contributed by atoms with Crippen LogP contribution in [0.25, 0.3) is 0 Å². The number of nitro benzene ring substituents is 1. The number of aryl methyl sites for hydroxylation is 1.